The standard InChI is InChI=1S/C13H20N4O/c14-11-4-3-9-5-17(6-10(9)11)7-12-15-13(18-16-12)8-1-2-8/h8-11H,1-7,14H2. The van der Waals surface area contributed by atoms with Crippen molar-refractivity contribution in [2.75, 3.05) is 13.1 Å². The minimum Gasteiger partial charge on any atom is -0.339 e. The van der Waals surface area contributed by atoms with Crippen LogP contribution in [-0.4, -0.2) is 34.2 Å². The fourth-order valence-electron chi connectivity index (χ4n) is 3.56. The molecule has 0 aromatic carbocycles. The molecular formula is C13H20N4O. The Morgan fingerprint density at radius 1 is 1.22 bits per heavy atom. The maximum atomic E-state index is 6.15. The monoisotopic (exact) mass is 248 g/mol. The van der Waals surface area contributed by atoms with Crippen molar-refractivity contribution >= 4 is 0 Å². The van der Waals surface area contributed by atoms with Crippen molar-refractivity contribution in [3.8, 4) is 0 Å². The van der Waals surface area contributed by atoms with Gasteiger partial charge in [0.2, 0.25) is 5.89 Å². The highest BCUT2D eigenvalue weighted by Gasteiger charge is 2.41. The number of fused-ring (bicyclic) bond motifs is 1. The third kappa shape index (κ3) is 1.86. The molecule has 0 spiro atoms. The Morgan fingerprint density at radius 2 is 2.11 bits per heavy atom. The lowest BCUT2D eigenvalue weighted by molar-refractivity contribution is 0.283. The van der Waals surface area contributed by atoms with E-state index in [1.54, 1.807) is 0 Å². The van der Waals surface area contributed by atoms with E-state index in [2.05, 4.69) is 15.0 Å². The van der Waals surface area contributed by atoms with Crippen LogP contribution in [0, 0.1) is 11.8 Å². The SMILES string of the molecule is NC1CCC2CN(Cc3noc(C4CC4)n3)CC12. The fourth-order valence-corrected chi connectivity index (χ4v) is 3.56. The smallest absolute Gasteiger partial charge is 0.229 e. The molecule has 3 aliphatic rings. The summed E-state index contributed by atoms with van der Waals surface area (Å²) in [4.78, 5) is 6.94. The van der Waals surface area contributed by atoms with Crippen molar-refractivity contribution in [1.82, 2.24) is 15.0 Å². The number of rotatable bonds is 3. The van der Waals surface area contributed by atoms with Gasteiger partial charge >= 0.3 is 0 Å². The topological polar surface area (TPSA) is 68.2 Å². The predicted octanol–water partition coefficient (Wildman–Crippen LogP) is 1.12. The summed E-state index contributed by atoms with van der Waals surface area (Å²) < 4.78 is 5.30. The maximum Gasteiger partial charge on any atom is 0.229 e. The second-order valence-corrected chi connectivity index (χ2v) is 6.18. The first kappa shape index (κ1) is 10.9. The number of nitrogens with zero attached hydrogens (tertiary/aromatic N) is 3. The molecule has 0 radical (unpaired) electrons. The molecule has 18 heavy (non-hydrogen) atoms. The minimum atomic E-state index is 0.410. The molecular weight excluding hydrogens is 228 g/mol. The summed E-state index contributed by atoms with van der Waals surface area (Å²) in [5, 5.41) is 4.09. The molecule has 3 unspecified atom stereocenters. The largest absolute Gasteiger partial charge is 0.339 e. The molecule has 1 aliphatic heterocycles. The average Bonchev–Trinajstić information content (AvgIpc) is 2.82. The molecule has 2 N–H and O–H groups in total. The van der Waals surface area contributed by atoms with Gasteiger partial charge in [-0.1, -0.05) is 5.16 Å². The van der Waals surface area contributed by atoms with Crippen LogP contribution in [0.2, 0.25) is 0 Å². The van der Waals surface area contributed by atoms with E-state index >= 15 is 0 Å². The van der Waals surface area contributed by atoms with Crippen LogP contribution >= 0.6 is 0 Å². The van der Waals surface area contributed by atoms with Gasteiger partial charge in [0.15, 0.2) is 5.82 Å². The van der Waals surface area contributed by atoms with Crippen molar-refractivity contribution in [2.24, 2.45) is 17.6 Å². The van der Waals surface area contributed by atoms with Gasteiger partial charge in [-0.05, 0) is 37.5 Å². The second-order valence-electron chi connectivity index (χ2n) is 6.18. The van der Waals surface area contributed by atoms with Crippen molar-refractivity contribution in [3.63, 3.8) is 0 Å². The summed E-state index contributed by atoms with van der Waals surface area (Å²) in [5.41, 5.74) is 6.15. The molecule has 2 saturated carbocycles. The molecule has 0 bridgehead atoms. The lowest BCUT2D eigenvalue weighted by Gasteiger charge is -2.16. The van der Waals surface area contributed by atoms with Crippen LogP contribution in [0.4, 0.5) is 0 Å². The van der Waals surface area contributed by atoms with Crippen molar-refractivity contribution in [1.29, 1.82) is 0 Å². The van der Waals surface area contributed by atoms with Gasteiger partial charge in [0.1, 0.15) is 0 Å². The molecule has 3 fully saturated rings. The van der Waals surface area contributed by atoms with Crippen LogP contribution in [0.5, 0.6) is 0 Å². The number of aromatic nitrogens is 2. The molecule has 3 atom stereocenters. The van der Waals surface area contributed by atoms with Crippen LogP contribution in [0.1, 0.15) is 43.3 Å². The van der Waals surface area contributed by atoms with Gasteiger partial charge in [0, 0.05) is 25.0 Å². The van der Waals surface area contributed by atoms with E-state index in [9.17, 15) is 0 Å². The molecule has 98 valence electrons. The van der Waals surface area contributed by atoms with Gasteiger partial charge in [-0.25, -0.2) is 0 Å². The Hall–Kier alpha value is -0.940. The van der Waals surface area contributed by atoms with Gasteiger partial charge in [-0.3, -0.25) is 4.90 Å². The highest BCUT2D eigenvalue weighted by molar-refractivity contribution is 5.02. The zero-order valence-corrected chi connectivity index (χ0v) is 10.6. The molecule has 4 rings (SSSR count). The van der Waals surface area contributed by atoms with Crippen molar-refractivity contribution < 1.29 is 4.52 Å². The highest BCUT2D eigenvalue weighted by atomic mass is 16.5. The Bertz CT molecular complexity index is 442. The normalized spacial score (nSPS) is 36.2. The highest BCUT2D eigenvalue weighted by Crippen LogP contribution is 2.39. The lowest BCUT2D eigenvalue weighted by Crippen LogP contribution is -2.30. The predicted molar refractivity (Wildman–Crippen MR) is 65.7 cm³/mol. The van der Waals surface area contributed by atoms with Gasteiger partial charge in [-0.2, -0.15) is 4.98 Å². The van der Waals surface area contributed by atoms with E-state index in [-0.39, 0.29) is 0 Å². The molecule has 1 aromatic rings. The van der Waals surface area contributed by atoms with Gasteiger partial charge in [0.25, 0.3) is 0 Å². The number of likely N-dealkylation sites (tertiary alicyclic amines) is 1. The number of hydrogen-bond acceptors (Lipinski definition) is 5. The van der Waals surface area contributed by atoms with Crippen molar-refractivity contribution in [2.45, 2.75) is 44.2 Å². The zero-order chi connectivity index (χ0) is 12.1. The van der Waals surface area contributed by atoms with Gasteiger partial charge in [-0.15, -0.1) is 0 Å². The molecule has 1 saturated heterocycles. The van der Waals surface area contributed by atoms with E-state index in [4.69, 9.17) is 10.3 Å². The molecule has 5 nitrogen and oxygen atoms in total. The lowest BCUT2D eigenvalue weighted by atomic mass is 9.98. The first-order valence-electron chi connectivity index (χ1n) is 7.10. The fraction of sp³-hybridized carbons (Fsp3) is 0.846. The summed E-state index contributed by atoms with van der Waals surface area (Å²) in [6.45, 7) is 3.10. The summed E-state index contributed by atoms with van der Waals surface area (Å²) in [7, 11) is 0. The molecule has 0 amide bonds. The second kappa shape index (κ2) is 4.03. The van der Waals surface area contributed by atoms with Gasteiger partial charge < -0.3 is 10.3 Å². The van der Waals surface area contributed by atoms with Crippen LogP contribution in [0.3, 0.4) is 0 Å². The number of hydrogen-bond donors (Lipinski definition) is 1. The van der Waals surface area contributed by atoms with E-state index in [0.717, 1.165) is 37.3 Å². The van der Waals surface area contributed by atoms with E-state index in [1.807, 2.05) is 0 Å². The van der Waals surface area contributed by atoms with Crippen LogP contribution in [-0.2, 0) is 6.54 Å². The molecule has 2 heterocycles. The number of nitrogens with two attached hydrogens (primary N) is 1. The Labute approximate surface area is 107 Å². The third-order valence-electron chi connectivity index (χ3n) is 4.76. The third-order valence-corrected chi connectivity index (χ3v) is 4.76. The van der Waals surface area contributed by atoms with E-state index in [0.29, 0.717) is 17.9 Å². The van der Waals surface area contributed by atoms with Crippen LogP contribution < -0.4 is 5.73 Å². The molecule has 1 aromatic heterocycles. The summed E-state index contributed by atoms with van der Waals surface area (Å²) >= 11 is 0. The molecule has 5 heteroatoms. The first-order valence-corrected chi connectivity index (χ1v) is 7.10. The van der Waals surface area contributed by atoms with Crippen LogP contribution in [0.15, 0.2) is 4.52 Å². The van der Waals surface area contributed by atoms with Crippen LogP contribution in [0.25, 0.3) is 0 Å². The zero-order valence-electron chi connectivity index (χ0n) is 10.6. The molecule has 2 aliphatic carbocycles. The summed E-state index contributed by atoms with van der Waals surface area (Å²) in [5.74, 6) is 3.75. The summed E-state index contributed by atoms with van der Waals surface area (Å²) in [6, 6.07) is 0.410. The quantitative estimate of drug-likeness (QED) is 0.868. The van der Waals surface area contributed by atoms with E-state index < -0.39 is 0 Å². The maximum absolute atomic E-state index is 6.15. The van der Waals surface area contributed by atoms with Crippen molar-refractivity contribution in [3.05, 3.63) is 11.7 Å². The minimum absolute atomic E-state index is 0.410. The average molecular weight is 248 g/mol. The Kier molecular flexibility index (Phi) is 2.45. The first-order chi connectivity index (χ1) is 8.79. The van der Waals surface area contributed by atoms with Gasteiger partial charge in [0.05, 0.1) is 6.54 Å². The summed E-state index contributed by atoms with van der Waals surface area (Å²) in [6.07, 6.45) is 4.92. The Morgan fingerprint density at radius 3 is 2.89 bits per heavy atom. The van der Waals surface area contributed by atoms with E-state index in [1.165, 1.54) is 25.7 Å². The Balaban J connectivity index is 1.40.